The molecule has 2 N–H and O–H groups in total. The molecule has 6 nitrogen and oxygen atoms in total. The minimum atomic E-state index is -0.412. The van der Waals surface area contributed by atoms with E-state index in [0.29, 0.717) is 18.0 Å². The number of anilines is 1. The summed E-state index contributed by atoms with van der Waals surface area (Å²) in [6.45, 7) is 3.22. The zero-order valence-electron chi connectivity index (χ0n) is 19.2. The summed E-state index contributed by atoms with van der Waals surface area (Å²) in [5.41, 5.74) is 2.44. The fourth-order valence-corrected chi connectivity index (χ4v) is 6.37. The van der Waals surface area contributed by atoms with E-state index in [0.717, 1.165) is 17.9 Å². The average molecular weight is 448 g/mol. The van der Waals surface area contributed by atoms with E-state index in [9.17, 15) is 14.7 Å². The van der Waals surface area contributed by atoms with Gasteiger partial charge in [-0.2, -0.15) is 0 Å². The molecule has 1 aromatic heterocycles. The Hall–Kier alpha value is -2.70. The van der Waals surface area contributed by atoms with Crippen LogP contribution in [-0.2, 0) is 11.3 Å². The van der Waals surface area contributed by atoms with Crippen LogP contribution in [0.5, 0.6) is 0 Å². The van der Waals surface area contributed by atoms with Gasteiger partial charge in [-0.1, -0.05) is 43.2 Å². The van der Waals surface area contributed by atoms with Gasteiger partial charge in [-0.05, 0) is 49.9 Å². The molecule has 4 atom stereocenters. The first-order valence-electron chi connectivity index (χ1n) is 12.2. The Morgan fingerprint density at radius 3 is 2.61 bits per heavy atom. The van der Waals surface area contributed by atoms with Gasteiger partial charge in [0.25, 0.3) is 5.56 Å². The molecule has 2 aliphatic heterocycles. The number of carbonyl (C=O) groups excluding carboxylic acids is 1. The van der Waals surface area contributed by atoms with Gasteiger partial charge in [-0.3, -0.25) is 14.5 Å². The number of rotatable bonds is 6. The SMILES string of the molecule is C/C=C\c1ccc2n(c1=O)C[C@H]1[C@H](CO)[C@@H](C(=O)Nc3ccccc3)N(CC3CCCC3)[C@@H]21. The van der Waals surface area contributed by atoms with Crippen LogP contribution in [0, 0.1) is 17.8 Å². The lowest BCUT2D eigenvalue weighted by Gasteiger charge is -2.32. The molecule has 0 spiro atoms. The van der Waals surface area contributed by atoms with Crippen molar-refractivity contribution < 1.29 is 9.90 Å². The number of allylic oxidation sites excluding steroid dienone is 1. The van der Waals surface area contributed by atoms with Crippen molar-refractivity contribution in [2.75, 3.05) is 18.5 Å². The highest BCUT2D eigenvalue weighted by Crippen LogP contribution is 2.50. The highest BCUT2D eigenvalue weighted by molar-refractivity contribution is 5.95. The van der Waals surface area contributed by atoms with Gasteiger partial charge in [0, 0.05) is 48.5 Å². The summed E-state index contributed by atoms with van der Waals surface area (Å²) in [7, 11) is 0. The molecule has 0 radical (unpaired) electrons. The van der Waals surface area contributed by atoms with Crippen molar-refractivity contribution in [1.29, 1.82) is 0 Å². The quantitative estimate of drug-likeness (QED) is 0.709. The van der Waals surface area contributed by atoms with Crippen molar-refractivity contribution in [3.05, 3.63) is 70.2 Å². The van der Waals surface area contributed by atoms with E-state index in [2.05, 4.69) is 16.3 Å². The molecular weight excluding hydrogens is 414 g/mol. The Morgan fingerprint density at radius 1 is 1.15 bits per heavy atom. The van der Waals surface area contributed by atoms with E-state index >= 15 is 0 Å². The number of hydrogen-bond donors (Lipinski definition) is 2. The second kappa shape index (κ2) is 9.27. The summed E-state index contributed by atoms with van der Waals surface area (Å²) in [6, 6.07) is 13.0. The molecule has 33 heavy (non-hydrogen) atoms. The van der Waals surface area contributed by atoms with Gasteiger partial charge < -0.3 is 15.0 Å². The van der Waals surface area contributed by atoms with Crippen LogP contribution in [0.25, 0.3) is 6.08 Å². The second-order valence-corrected chi connectivity index (χ2v) is 9.73. The molecule has 0 unspecified atom stereocenters. The topological polar surface area (TPSA) is 74.6 Å². The summed E-state index contributed by atoms with van der Waals surface area (Å²) < 4.78 is 1.88. The van der Waals surface area contributed by atoms with Crippen LogP contribution in [0.4, 0.5) is 5.69 Å². The number of pyridine rings is 1. The zero-order valence-corrected chi connectivity index (χ0v) is 19.2. The summed E-state index contributed by atoms with van der Waals surface area (Å²) in [5, 5.41) is 13.5. The highest BCUT2D eigenvalue weighted by atomic mass is 16.3. The molecular formula is C27H33N3O3. The first kappa shape index (κ1) is 22.1. The number of nitrogens with one attached hydrogen (secondary N) is 1. The Kier molecular flexibility index (Phi) is 6.21. The fraction of sp³-hybridized carbons (Fsp3) is 0.481. The predicted molar refractivity (Wildman–Crippen MR) is 130 cm³/mol. The average Bonchev–Trinajstić information content (AvgIpc) is 3.53. The summed E-state index contributed by atoms with van der Waals surface area (Å²) in [4.78, 5) is 29.0. The number of carbonyl (C=O) groups is 1. The van der Waals surface area contributed by atoms with E-state index in [1.807, 2.05) is 60.0 Å². The lowest BCUT2D eigenvalue weighted by molar-refractivity contribution is -0.122. The molecule has 2 fully saturated rings. The lowest BCUT2D eigenvalue weighted by atomic mass is 9.88. The molecule has 1 aromatic carbocycles. The van der Waals surface area contributed by atoms with Crippen LogP contribution in [0.1, 0.15) is 49.9 Å². The van der Waals surface area contributed by atoms with Crippen molar-refractivity contribution >= 4 is 17.7 Å². The first-order valence-corrected chi connectivity index (χ1v) is 12.2. The highest BCUT2D eigenvalue weighted by Gasteiger charge is 2.55. The first-order chi connectivity index (χ1) is 16.1. The Morgan fingerprint density at radius 2 is 1.91 bits per heavy atom. The van der Waals surface area contributed by atoms with Crippen LogP contribution in [0.15, 0.2) is 53.3 Å². The molecule has 3 heterocycles. The van der Waals surface area contributed by atoms with E-state index in [-0.39, 0.29) is 36.0 Å². The Balaban J connectivity index is 1.52. The molecule has 5 rings (SSSR count). The predicted octanol–water partition coefficient (Wildman–Crippen LogP) is 3.67. The fourth-order valence-electron chi connectivity index (χ4n) is 6.37. The summed E-state index contributed by atoms with van der Waals surface area (Å²) >= 11 is 0. The van der Waals surface area contributed by atoms with Crippen LogP contribution in [0.3, 0.4) is 0 Å². The number of nitrogens with zero attached hydrogens (tertiary/aromatic N) is 2. The number of fused-ring (bicyclic) bond motifs is 3. The van der Waals surface area contributed by atoms with Crippen LogP contribution >= 0.6 is 0 Å². The maximum absolute atomic E-state index is 13.6. The maximum atomic E-state index is 13.6. The van der Waals surface area contributed by atoms with Gasteiger partial charge in [0.2, 0.25) is 5.91 Å². The molecule has 1 aliphatic carbocycles. The standard InChI is InChI=1S/C27H33N3O3/c1-2-8-19-13-14-23-24-21(16-29(23)27(19)33)22(17-31)25(30(24)15-18-9-6-7-10-18)26(32)28-20-11-4-3-5-12-20/h2-5,8,11-14,18,21-22,24-25,31H,6-7,9-10,15-17H2,1H3,(H,28,32)/b8-2-/t21-,22-,24+,25-/m0/s1. The van der Waals surface area contributed by atoms with Crippen LogP contribution in [0.2, 0.25) is 0 Å². The number of aromatic nitrogens is 1. The molecule has 174 valence electrons. The van der Waals surface area contributed by atoms with Crippen LogP contribution < -0.4 is 10.9 Å². The van der Waals surface area contributed by atoms with Crippen LogP contribution in [-0.4, -0.2) is 39.7 Å². The largest absolute Gasteiger partial charge is 0.396 e. The Bertz CT molecular complexity index is 1090. The minimum Gasteiger partial charge on any atom is -0.396 e. The van der Waals surface area contributed by atoms with Gasteiger partial charge in [-0.25, -0.2) is 0 Å². The molecule has 1 saturated heterocycles. The van der Waals surface area contributed by atoms with Gasteiger partial charge in [-0.15, -0.1) is 0 Å². The molecule has 6 heteroatoms. The minimum absolute atomic E-state index is 0.0165. The van der Waals surface area contributed by atoms with Gasteiger partial charge in [0.1, 0.15) is 0 Å². The number of amides is 1. The molecule has 0 bridgehead atoms. The summed E-state index contributed by atoms with van der Waals surface area (Å²) in [5.74, 6) is 0.311. The number of aliphatic hydroxyl groups is 1. The number of benzene rings is 1. The van der Waals surface area contributed by atoms with E-state index in [1.54, 1.807) is 0 Å². The van der Waals surface area contributed by atoms with E-state index in [4.69, 9.17) is 0 Å². The maximum Gasteiger partial charge on any atom is 0.258 e. The van der Waals surface area contributed by atoms with Gasteiger partial charge in [0.15, 0.2) is 0 Å². The summed E-state index contributed by atoms with van der Waals surface area (Å²) in [6.07, 6.45) is 8.56. The molecule has 1 amide bonds. The monoisotopic (exact) mass is 447 g/mol. The van der Waals surface area contributed by atoms with E-state index in [1.165, 1.54) is 25.7 Å². The number of likely N-dealkylation sites (tertiary alicyclic amines) is 1. The second-order valence-electron chi connectivity index (χ2n) is 9.73. The van der Waals surface area contributed by atoms with Crippen molar-refractivity contribution in [3.63, 3.8) is 0 Å². The molecule has 3 aliphatic rings. The van der Waals surface area contributed by atoms with Crippen molar-refractivity contribution in [2.24, 2.45) is 17.8 Å². The zero-order chi connectivity index (χ0) is 22.9. The lowest BCUT2D eigenvalue weighted by Crippen LogP contribution is -2.47. The third-order valence-corrected chi connectivity index (χ3v) is 7.82. The van der Waals surface area contributed by atoms with E-state index < -0.39 is 6.04 Å². The van der Waals surface area contributed by atoms with Gasteiger partial charge >= 0.3 is 0 Å². The van der Waals surface area contributed by atoms with Crippen molar-refractivity contribution in [3.8, 4) is 0 Å². The molecule has 1 saturated carbocycles. The third kappa shape index (κ3) is 3.96. The van der Waals surface area contributed by atoms with Crippen molar-refractivity contribution in [1.82, 2.24) is 9.47 Å². The smallest absolute Gasteiger partial charge is 0.258 e. The number of para-hydroxylation sites is 1. The number of hydrogen-bond acceptors (Lipinski definition) is 4. The number of aliphatic hydroxyl groups excluding tert-OH is 1. The van der Waals surface area contributed by atoms with Gasteiger partial charge in [0.05, 0.1) is 12.1 Å². The van der Waals surface area contributed by atoms with Crippen molar-refractivity contribution in [2.45, 2.75) is 51.2 Å². The molecule has 2 aromatic rings. The third-order valence-electron chi connectivity index (χ3n) is 7.82. The Labute approximate surface area is 194 Å². The normalized spacial score (nSPS) is 27.2.